The molecule has 20 heavy (non-hydrogen) atoms. The zero-order valence-electron chi connectivity index (χ0n) is 13.3. The first-order valence-electron chi connectivity index (χ1n) is 8.06. The van der Waals surface area contributed by atoms with Gasteiger partial charge in [-0.05, 0) is 51.4 Å². The summed E-state index contributed by atoms with van der Waals surface area (Å²) >= 11 is 0. The van der Waals surface area contributed by atoms with E-state index >= 15 is 0 Å². The Morgan fingerprint density at radius 3 is 2.25 bits per heavy atom. The molecule has 1 saturated carbocycles. The van der Waals surface area contributed by atoms with Crippen molar-refractivity contribution in [3.63, 3.8) is 0 Å². The first-order valence-corrected chi connectivity index (χ1v) is 8.06. The molecule has 3 N–H and O–H groups in total. The fraction of sp³-hybridized carbons (Fsp3) is 0.938. The van der Waals surface area contributed by atoms with Crippen molar-refractivity contribution >= 4 is 5.91 Å². The summed E-state index contributed by atoms with van der Waals surface area (Å²) in [5.74, 6) is 1.10. The fourth-order valence-corrected chi connectivity index (χ4v) is 3.76. The zero-order chi connectivity index (χ0) is 14.9. The highest BCUT2D eigenvalue weighted by Gasteiger charge is 2.44. The SMILES string of the molecule is CC1CCC(CN)(NC(=O)C2C(C)OC(C)C2C)CC1. The maximum atomic E-state index is 12.7. The molecule has 1 amide bonds. The lowest BCUT2D eigenvalue weighted by molar-refractivity contribution is -0.129. The molecule has 0 aromatic carbocycles. The number of carbonyl (C=O) groups excluding carboxylic acids is 1. The van der Waals surface area contributed by atoms with Crippen LogP contribution in [0.2, 0.25) is 0 Å². The van der Waals surface area contributed by atoms with Crippen LogP contribution in [0.15, 0.2) is 0 Å². The second-order valence-electron chi connectivity index (χ2n) is 7.09. The average Bonchev–Trinajstić information content (AvgIpc) is 2.66. The minimum atomic E-state index is -0.186. The third-order valence-electron chi connectivity index (χ3n) is 5.56. The average molecular weight is 282 g/mol. The van der Waals surface area contributed by atoms with Gasteiger partial charge in [-0.2, -0.15) is 0 Å². The summed E-state index contributed by atoms with van der Waals surface area (Å²) < 4.78 is 5.79. The fourth-order valence-electron chi connectivity index (χ4n) is 3.76. The molecule has 2 fully saturated rings. The lowest BCUT2D eigenvalue weighted by atomic mass is 9.76. The molecule has 0 aromatic rings. The van der Waals surface area contributed by atoms with Crippen LogP contribution in [0.4, 0.5) is 0 Å². The number of nitrogens with two attached hydrogens (primary N) is 1. The highest BCUT2D eigenvalue weighted by Crippen LogP contribution is 2.35. The summed E-state index contributed by atoms with van der Waals surface area (Å²) in [6.45, 7) is 8.98. The molecule has 0 radical (unpaired) electrons. The molecule has 4 atom stereocenters. The monoisotopic (exact) mass is 282 g/mol. The normalized spacial score (nSPS) is 45.4. The van der Waals surface area contributed by atoms with E-state index in [1.54, 1.807) is 0 Å². The number of ether oxygens (including phenoxy) is 1. The molecular weight excluding hydrogens is 252 g/mol. The third-order valence-corrected chi connectivity index (χ3v) is 5.56. The summed E-state index contributed by atoms with van der Waals surface area (Å²) in [5.41, 5.74) is 5.80. The zero-order valence-corrected chi connectivity index (χ0v) is 13.3. The van der Waals surface area contributed by atoms with Crippen molar-refractivity contribution in [1.29, 1.82) is 0 Å². The molecule has 4 heteroatoms. The Morgan fingerprint density at radius 2 is 1.80 bits per heavy atom. The quantitative estimate of drug-likeness (QED) is 0.833. The number of rotatable bonds is 3. The maximum Gasteiger partial charge on any atom is 0.226 e. The van der Waals surface area contributed by atoms with Crippen molar-refractivity contribution in [3.05, 3.63) is 0 Å². The summed E-state index contributed by atoms with van der Waals surface area (Å²) in [6.07, 6.45) is 4.46. The van der Waals surface area contributed by atoms with Gasteiger partial charge in [0.25, 0.3) is 0 Å². The van der Waals surface area contributed by atoms with Crippen LogP contribution in [0.3, 0.4) is 0 Å². The number of amides is 1. The Morgan fingerprint density at radius 1 is 1.20 bits per heavy atom. The Labute approximate surface area is 122 Å². The Bertz CT molecular complexity index is 350. The van der Waals surface area contributed by atoms with E-state index in [9.17, 15) is 4.79 Å². The predicted octanol–water partition coefficient (Wildman–Crippen LogP) is 2.07. The number of carbonyl (C=O) groups is 1. The molecule has 0 bridgehead atoms. The number of hydrogen-bond donors (Lipinski definition) is 2. The van der Waals surface area contributed by atoms with Gasteiger partial charge in [-0.15, -0.1) is 0 Å². The largest absolute Gasteiger partial charge is 0.374 e. The van der Waals surface area contributed by atoms with Crippen molar-refractivity contribution in [2.75, 3.05) is 6.54 Å². The molecular formula is C16H30N2O2. The van der Waals surface area contributed by atoms with E-state index < -0.39 is 0 Å². The van der Waals surface area contributed by atoms with E-state index in [1.165, 1.54) is 0 Å². The van der Waals surface area contributed by atoms with Crippen LogP contribution in [0.1, 0.15) is 53.4 Å². The lowest BCUT2D eigenvalue weighted by Crippen LogP contribution is -2.57. The molecule has 1 aliphatic heterocycles. The molecule has 116 valence electrons. The maximum absolute atomic E-state index is 12.7. The minimum absolute atomic E-state index is 0.00246. The van der Waals surface area contributed by atoms with Gasteiger partial charge in [-0.3, -0.25) is 4.79 Å². The van der Waals surface area contributed by atoms with Crippen molar-refractivity contribution < 1.29 is 9.53 Å². The van der Waals surface area contributed by atoms with Crippen molar-refractivity contribution in [2.24, 2.45) is 23.5 Å². The summed E-state index contributed by atoms with van der Waals surface area (Å²) in [4.78, 5) is 12.7. The predicted molar refractivity (Wildman–Crippen MR) is 80.2 cm³/mol. The topological polar surface area (TPSA) is 64.3 Å². The van der Waals surface area contributed by atoms with Crippen molar-refractivity contribution in [3.8, 4) is 0 Å². The van der Waals surface area contributed by atoms with Gasteiger partial charge in [-0.1, -0.05) is 13.8 Å². The van der Waals surface area contributed by atoms with Gasteiger partial charge >= 0.3 is 0 Å². The highest BCUT2D eigenvalue weighted by molar-refractivity contribution is 5.80. The third kappa shape index (κ3) is 3.01. The van der Waals surface area contributed by atoms with Crippen LogP contribution in [0.5, 0.6) is 0 Å². The lowest BCUT2D eigenvalue weighted by Gasteiger charge is -2.40. The van der Waals surface area contributed by atoms with Crippen LogP contribution >= 0.6 is 0 Å². The Kier molecular flexibility index (Phi) is 4.75. The van der Waals surface area contributed by atoms with Crippen LogP contribution < -0.4 is 11.1 Å². The first-order chi connectivity index (χ1) is 9.38. The van der Waals surface area contributed by atoms with E-state index in [4.69, 9.17) is 10.5 Å². The smallest absolute Gasteiger partial charge is 0.226 e. The van der Waals surface area contributed by atoms with Gasteiger partial charge in [0.15, 0.2) is 0 Å². The second-order valence-corrected chi connectivity index (χ2v) is 7.09. The van der Waals surface area contributed by atoms with E-state index in [1.807, 2.05) is 6.92 Å². The number of nitrogens with one attached hydrogen (secondary N) is 1. The molecule has 2 aliphatic rings. The molecule has 0 spiro atoms. The minimum Gasteiger partial charge on any atom is -0.374 e. The van der Waals surface area contributed by atoms with Crippen LogP contribution in [-0.4, -0.2) is 30.2 Å². The van der Waals surface area contributed by atoms with Crippen molar-refractivity contribution in [2.45, 2.75) is 71.1 Å². The van der Waals surface area contributed by atoms with Crippen LogP contribution in [0.25, 0.3) is 0 Å². The molecule has 4 nitrogen and oxygen atoms in total. The van der Waals surface area contributed by atoms with Crippen LogP contribution in [0, 0.1) is 17.8 Å². The van der Waals surface area contributed by atoms with Crippen molar-refractivity contribution in [1.82, 2.24) is 5.32 Å². The molecule has 1 saturated heterocycles. The van der Waals surface area contributed by atoms with E-state index in [2.05, 4.69) is 26.1 Å². The van der Waals surface area contributed by atoms with E-state index in [0.29, 0.717) is 6.54 Å². The van der Waals surface area contributed by atoms with Crippen LogP contribution in [-0.2, 0) is 9.53 Å². The Hall–Kier alpha value is -0.610. The van der Waals surface area contributed by atoms with Gasteiger partial charge < -0.3 is 15.8 Å². The van der Waals surface area contributed by atoms with Gasteiger partial charge in [0.05, 0.1) is 23.7 Å². The van der Waals surface area contributed by atoms with Gasteiger partial charge in [0, 0.05) is 6.54 Å². The molecule has 4 unspecified atom stereocenters. The summed E-state index contributed by atoms with van der Waals surface area (Å²) in [5, 5.41) is 3.28. The van der Waals surface area contributed by atoms with Gasteiger partial charge in [0.2, 0.25) is 5.91 Å². The molecule has 1 aliphatic carbocycles. The van der Waals surface area contributed by atoms with Gasteiger partial charge in [-0.25, -0.2) is 0 Å². The Balaban J connectivity index is 2.02. The highest BCUT2D eigenvalue weighted by atomic mass is 16.5. The number of hydrogen-bond acceptors (Lipinski definition) is 3. The first kappa shape index (κ1) is 15.8. The summed E-state index contributed by atoms with van der Waals surface area (Å²) in [6, 6.07) is 0. The van der Waals surface area contributed by atoms with E-state index in [0.717, 1.165) is 31.6 Å². The molecule has 0 aromatic heterocycles. The van der Waals surface area contributed by atoms with Gasteiger partial charge in [0.1, 0.15) is 0 Å². The summed E-state index contributed by atoms with van der Waals surface area (Å²) in [7, 11) is 0. The molecule has 2 rings (SSSR count). The second kappa shape index (κ2) is 6.02. The molecule has 1 heterocycles. The standard InChI is InChI=1S/C16H30N2O2/c1-10-5-7-16(9-17,8-6-10)18-15(19)14-11(2)12(3)20-13(14)4/h10-14H,5-9,17H2,1-4H3,(H,18,19). The van der Waals surface area contributed by atoms with E-state index in [-0.39, 0.29) is 35.5 Å².